The van der Waals surface area contributed by atoms with Gasteiger partial charge < -0.3 is 10.1 Å². The Balaban J connectivity index is 1.39. The van der Waals surface area contributed by atoms with E-state index in [0.29, 0.717) is 4.88 Å². The summed E-state index contributed by atoms with van der Waals surface area (Å²) in [5.41, 5.74) is 0.865. The molecule has 24 heavy (non-hydrogen) atoms. The normalized spacial score (nSPS) is 34.8. The fourth-order valence-corrected chi connectivity index (χ4v) is 6.28. The number of hydrogen-bond donors (Lipinski definition) is 1. The Labute approximate surface area is 147 Å². The van der Waals surface area contributed by atoms with Crippen LogP contribution in [0.5, 0.6) is 0 Å². The first kappa shape index (κ1) is 16.1. The number of aryl methyl sites for hydroxylation is 1. The number of hydrogen-bond acceptors (Lipinski definition) is 4. The molecule has 4 bridgehead atoms. The predicted molar refractivity (Wildman–Crippen MR) is 93.0 cm³/mol. The standard InChI is InChI=1S/C19H25NO3S/c1-11-3-4-24-16(11)18(22)23-12(2)17(21)20-19-8-13-5-14(9-19)7-15(6-13)10-19/h3-4,12-15H,5-10H2,1-2H3,(H,20,21)/t12-,13?,14?,15?,19?/m1/s1. The van der Waals surface area contributed by atoms with Gasteiger partial charge in [-0.2, -0.15) is 0 Å². The van der Waals surface area contributed by atoms with E-state index in [1.165, 1.54) is 30.6 Å². The largest absolute Gasteiger partial charge is 0.448 e. The second-order valence-electron chi connectivity index (χ2n) is 8.17. The van der Waals surface area contributed by atoms with E-state index in [4.69, 9.17) is 4.74 Å². The van der Waals surface area contributed by atoms with Crippen molar-refractivity contribution in [2.75, 3.05) is 0 Å². The Hall–Kier alpha value is -1.36. The van der Waals surface area contributed by atoms with Gasteiger partial charge >= 0.3 is 5.97 Å². The maximum Gasteiger partial charge on any atom is 0.349 e. The fourth-order valence-electron chi connectivity index (χ4n) is 5.48. The van der Waals surface area contributed by atoms with Crippen LogP contribution in [0.15, 0.2) is 11.4 Å². The summed E-state index contributed by atoms with van der Waals surface area (Å²) in [6.07, 6.45) is 6.61. The zero-order valence-electron chi connectivity index (χ0n) is 14.3. The van der Waals surface area contributed by atoms with Gasteiger partial charge in [0.1, 0.15) is 4.88 Å². The number of amides is 1. The summed E-state index contributed by atoms with van der Waals surface area (Å²) >= 11 is 1.36. The molecule has 1 heterocycles. The van der Waals surface area contributed by atoms with Crippen LogP contribution >= 0.6 is 11.3 Å². The van der Waals surface area contributed by atoms with Crippen LogP contribution < -0.4 is 5.32 Å². The first-order valence-electron chi connectivity index (χ1n) is 9.01. The zero-order chi connectivity index (χ0) is 16.9. The smallest absolute Gasteiger partial charge is 0.349 e. The van der Waals surface area contributed by atoms with Crippen LogP contribution in [0.3, 0.4) is 0 Å². The molecule has 1 amide bonds. The van der Waals surface area contributed by atoms with Gasteiger partial charge in [0.05, 0.1) is 0 Å². The summed E-state index contributed by atoms with van der Waals surface area (Å²) in [6.45, 7) is 3.56. The van der Waals surface area contributed by atoms with Gasteiger partial charge in [-0.1, -0.05) is 0 Å². The van der Waals surface area contributed by atoms with Crippen LogP contribution in [0.25, 0.3) is 0 Å². The second-order valence-corrected chi connectivity index (χ2v) is 9.08. The number of carbonyl (C=O) groups excluding carboxylic acids is 2. The van der Waals surface area contributed by atoms with Crippen LogP contribution in [0, 0.1) is 24.7 Å². The maximum atomic E-state index is 12.6. The molecule has 4 fully saturated rings. The van der Waals surface area contributed by atoms with E-state index >= 15 is 0 Å². The van der Waals surface area contributed by atoms with Crippen LogP contribution in [-0.2, 0) is 9.53 Å². The first-order valence-corrected chi connectivity index (χ1v) is 9.89. The minimum absolute atomic E-state index is 0.0364. The molecule has 5 heteroatoms. The summed E-state index contributed by atoms with van der Waals surface area (Å²) in [5.74, 6) is 1.81. The minimum atomic E-state index is -0.744. The van der Waals surface area contributed by atoms with Gasteiger partial charge in [0, 0.05) is 5.54 Å². The van der Waals surface area contributed by atoms with Gasteiger partial charge in [-0.25, -0.2) is 4.79 Å². The Morgan fingerprint density at radius 2 is 1.79 bits per heavy atom. The van der Waals surface area contributed by atoms with Crippen molar-refractivity contribution < 1.29 is 14.3 Å². The molecule has 0 radical (unpaired) electrons. The van der Waals surface area contributed by atoms with E-state index < -0.39 is 12.1 Å². The highest BCUT2D eigenvalue weighted by atomic mass is 32.1. The average molecular weight is 347 g/mol. The van der Waals surface area contributed by atoms with Crippen LogP contribution in [-0.4, -0.2) is 23.5 Å². The third-order valence-corrected chi connectivity index (χ3v) is 7.12. The zero-order valence-corrected chi connectivity index (χ0v) is 15.2. The molecule has 1 atom stereocenters. The number of thiophene rings is 1. The van der Waals surface area contributed by atoms with Crippen molar-refractivity contribution in [1.82, 2.24) is 5.32 Å². The maximum absolute atomic E-state index is 12.6. The number of esters is 1. The van der Waals surface area contributed by atoms with Crippen LogP contribution in [0.1, 0.15) is 60.7 Å². The third kappa shape index (κ3) is 2.87. The van der Waals surface area contributed by atoms with E-state index in [2.05, 4.69) is 5.32 Å². The third-order valence-electron chi connectivity index (χ3n) is 6.13. The quantitative estimate of drug-likeness (QED) is 0.845. The van der Waals surface area contributed by atoms with Gasteiger partial charge in [-0.15, -0.1) is 11.3 Å². The molecular weight excluding hydrogens is 322 g/mol. The van der Waals surface area contributed by atoms with Crippen molar-refractivity contribution in [3.8, 4) is 0 Å². The van der Waals surface area contributed by atoms with E-state index in [0.717, 1.165) is 42.6 Å². The summed E-state index contributed by atoms with van der Waals surface area (Å²) in [6, 6.07) is 1.89. The topological polar surface area (TPSA) is 55.4 Å². The molecular formula is C19H25NO3S. The summed E-state index contributed by atoms with van der Waals surface area (Å²) < 4.78 is 5.41. The average Bonchev–Trinajstić information content (AvgIpc) is 2.91. The van der Waals surface area contributed by atoms with Crippen LogP contribution in [0.2, 0.25) is 0 Å². The lowest BCUT2D eigenvalue weighted by Gasteiger charge is -2.57. The number of carbonyl (C=O) groups is 2. The van der Waals surface area contributed by atoms with Gasteiger partial charge in [0.2, 0.25) is 0 Å². The Morgan fingerprint density at radius 3 is 2.29 bits per heavy atom. The highest BCUT2D eigenvalue weighted by molar-refractivity contribution is 7.12. The molecule has 1 aromatic heterocycles. The molecule has 130 valence electrons. The number of nitrogens with one attached hydrogen (secondary N) is 1. The second kappa shape index (κ2) is 5.87. The van der Waals surface area contributed by atoms with Crippen molar-refractivity contribution >= 4 is 23.2 Å². The van der Waals surface area contributed by atoms with Gasteiger partial charge in [-0.05, 0) is 87.1 Å². The molecule has 1 N–H and O–H groups in total. The van der Waals surface area contributed by atoms with Gasteiger partial charge in [-0.3, -0.25) is 4.79 Å². The van der Waals surface area contributed by atoms with E-state index in [1.807, 2.05) is 18.4 Å². The lowest BCUT2D eigenvalue weighted by molar-refractivity contribution is -0.134. The predicted octanol–water partition coefficient (Wildman–Crippen LogP) is 3.69. The fraction of sp³-hybridized carbons (Fsp3) is 0.684. The number of ether oxygens (including phenoxy) is 1. The highest BCUT2D eigenvalue weighted by Gasteiger charge is 2.51. The summed E-state index contributed by atoms with van der Waals surface area (Å²) in [7, 11) is 0. The Morgan fingerprint density at radius 1 is 1.21 bits per heavy atom. The number of rotatable bonds is 4. The van der Waals surface area contributed by atoms with Crippen molar-refractivity contribution in [2.24, 2.45) is 17.8 Å². The molecule has 0 spiro atoms. The van der Waals surface area contributed by atoms with Crippen LogP contribution in [0.4, 0.5) is 0 Å². The molecule has 0 saturated heterocycles. The minimum Gasteiger partial charge on any atom is -0.448 e. The molecule has 0 aliphatic heterocycles. The Bertz CT molecular complexity index is 630. The van der Waals surface area contributed by atoms with Crippen molar-refractivity contribution in [1.29, 1.82) is 0 Å². The van der Waals surface area contributed by atoms with E-state index in [1.54, 1.807) is 6.92 Å². The molecule has 0 unspecified atom stereocenters. The van der Waals surface area contributed by atoms with E-state index in [-0.39, 0.29) is 11.4 Å². The van der Waals surface area contributed by atoms with Crippen molar-refractivity contribution in [3.05, 3.63) is 21.9 Å². The van der Waals surface area contributed by atoms with E-state index in [9.17, 15) is 9.59 Å². The lowest BCUT2D eigenvalue weighted by Crippen LogP contribution is -2.61. The molecule has 4 nitrogen and oxygen atoms in total. The lowest BCUT2D eigenvalue weighted by atomic mass is 9.53. The molecule has 1 aromatic rings. The SMILES string of the molecule is Cc1ccsc1C(=O)O[C@H](C)C(=O)NC12CC3CC(CC(C3)C1)C2. The molecule has 4 aliphatic carbocycles. The van der Waals surface area contributed by atoms with Gasteiger partial charge in [0.15, 0.2) is 6.10 Å². The van der Waals surface area contributed by atoms with Crippen molar-refractivity contribution in [2.45, 2.75) is 64.0 Å². The van der Waals surface area contributed by atoms with Crippen molar-refractivity contribution in [3.63, 3.8) is 0 Å². The molecule has 0 aromatic carbocycles. The molecule has 4 aliphatic rings. The molecule has 5 rings (SSSR count). The summed E-state index contributed by atoms with van der Waals surface area (Å²) in [5, 5.41) is 5.14. The van der Waals surface area contributed by atoms with Gasteiger partial charge in [0.25, 0.3) is 5.91 Å². The highest BCUT2D eigenvalue weighted by Crippen LogP contribution is 2.55. The summed E-state index contributed by atoms with van der Waals surface area (Å²) in [4.78, 5) is 25.4. The monoisotopic (exact) mass is 347 g/mol. The molecule has 4 saturated carbocycles. The Kier molecular flexibility index (Phi) is 3.94. The first-order chi connectivity index (χ1) is 11.4.